The average Bonchev–Trinajstić information content (AvgIpc) is 2.61. The number of imide groups is 1. The molecular weight excluding hydrogens is 380 g/mol. The van der Waals surface area contributed by atoms with Crippen LogP contribution >= 0.6 is 0 Å². The first kappa shape index (κ1) is 22.2. The first-order valence-electron chi connectivity index (χ1n) is 8.98. The Morgan fingerprint density at radius 2 is 1.59 bits per heavy atom. The molecule has 0 heterocycles. The second-order valence-electron chi connectivity index (χ2n) is 6.88. The second kappa shape index (κ2) is 9.88. The predicted molar refractivity (Wildman–Crippen MR) is 105 cm³/mol. The minimum absolute atomic E-state index is 0.00384. The highest BCUT2D eigenvalue weighted by Crippen LogP contribution is 2.16. The van der Waals surface area contributed by atoms with Crippen molar-refractivity contribution in [3.63, 3.8) is 0 Å². The van der Waals surface area contributed by atoms with Crippen LogP contribution in [0.2, 0.25) is 0 Å². The fourth-order valence-corrected chi connectivity index (χ4v) is 2.76. The lowest BCUT2D eigenvalue weighted by molar-refractivity contribution is -0.130. The van der Waals surface area contributed by atoms with Gasteiger partial charge in [0.05, 0.1) is 18.7 Å². The Hall–Kier alpha value is -3.13. The van der Waals surface area contributed by atoms with E-state index < -0.39 is 35.4 Å². The Labute approximate surface area is 168 Å². The summed E-state index contributed by atoms with van der Waals surface area (Å²) >= 11 is 0. The molecule has 0 bridgehead atoms. The Kier molecular flexibility index (Phi) is 7.55. The lowest BCUT2D eigenvalue weighted by Gasteiger charge is -2.26. The Morgan fingerprint density at radius 1 is 1.00 bits per heavy atom. The largest absolute Gasteiger partial charge is 0.344 e. The molecule has 0 aliphatic carbocycles. The quantitative estimate of drug-likeness (QED) is 0.769. The molecule has 0 aliphatic rings. The molecule has 1 N–H and O–H groups in total. The van der Waals surface area contributed by atoms with Gasteiger partial charge in [-0.05, 0) is 50.8 Å². The van der Waals surface area contributed by atoms with Crippen LogP contribution in [0.15, 0.2) is 48.5 Å². The topological polar surface area (TPSA) is 69.7 Å². The van der Waals surface area contributed by atoms with Crippen molar-refractivity contribution in [2.45, 2.75) is 19.4 Å². The number of nitrogens with zero attached hydrogens (tertiary/aromatic N) is 2. The molecule has 0 aliphatic heterocycles. The molecule has 154 valence electrons. The van der Waals surface area contributed by atoms with E-state index in [4.69, 9.17) is 0 Å². The van der Waals surface area contributed by atoms with Gasteiger partial charge in [0.25, 0.3) is 5.91 Å². The summed E-state index contributed by atoms with van der Waals surface area (Å²) in [5.74, 6) is -3.23. The molecule has 3 amide bonds. The standard InChI is InChI=1S/C21H23F2N3O3/c1-14(24-19(27)11-15-9-16(22)12-17(23)10-15)21(29)26(20(28)13-25(2)3)18-7-5-4-6-8-18/h4-10,12,14H,11,13H2,1-3H3,(H,24,27)/t14-/m0/s1. The van der Waals surface area contributed by atoms with E-state index >= 15 is 0 Å². The van der Waals surface area contributed by atoms with Crippen LogP contribution in [0.25, 0.3) is 0 Å². The van der Waals surface area contributed by atoms with Gasteiger partial charge in [-0.25, -0.2) is 13.7 Å². The normalized spacial score (nSPS) is 11.8. The number of carbonyl (C=O) groups excluding carboxylic acids is 3. The highest BCUT2D eigenvalue weighted by Gasteiger charge is 2.28. The van der Waals surface area contributed by atoms with E-state index in [1.165, 1.54) is 6.92 Å². The van der Waals surface area contributed by atoms with E-state index in [-0.39, 0.29) is 18.5 Å². The summed E-state index contributed by atoms with van der Waals surface area (Å²) in [5.41, 5.74) is 0.529. The minimum Gasteiger partial charge on any atom is -0.344 e. The van der Waals surface area contributed by atoms with Gasteiger partial charge in [0.1, 0.15) is 17.7 Å². The van der Waals surface area contributed by atoms with E-state index in [1.807, 2.05) is 0 Å². The van der Waals surface area contributed by atoms with Gasteiger partial charge in [-0.15, -0.1) is 0 Å². The van der Waals surface area contributed by atoms with E-state index in [0.29, 0.717) is 11.8 Å². The van der Waals surface area contributed by atoms with Gasteiger partial charge >= 0.3 is 0 Å². The van der Waals surface area contributed by atoms with Crippen molar-refractivity contribution < 1.29 is 23.2 Å². The maximum absolute atomic E-state index is 13.3. The van der Waals surface area contributed by atoms with Crippen LogP contribution in [-0.2, 0) is 20.8 Å². The Bertz CT molecular complexity index is 868. The van der Waals surface area contributed by atoms with Gasteiger partial charge in [-0.1, -0.05) is 18.2 Å². The van der Waals surface area contributed by atoms with Crippen molar-refractivity contribution >= 4 is 23.4 Å². The number of para-hydroxylation sites is 1. The molecule has 2 aromatic carbocycles. The number of hydrogen-bond donors (Lipinski definition) is 1. The lowest BCUT2D eigenvalue weighted by atomic mass is 10.1. The molecule has 2 aromatic rings. The lowest BCUT2D eigenvalue weighted by Crippen LogP contribution is -2.51. The van der Waals surface area contributed by atoms with E-state index in [1.54, 1.807) is 49.3 Å². The van der Waals surface area contributed by atoms with Gasteiger partial charge in [0.15, 0.2) is 0 Å². The van der Waals surface area contributed by atoms with Crippen molar-refractivity contribution in [3.05, 3.63) is 65.7 Å². The summed E-state index contributed by atoms with van der Waals surface area (Å²) in [6, 6.07) is 10.2. The Morgan fingerprint density at radius 3 is 2.14 bits per heavy atom. The van der Waals surface area contributed by atoms with Crippen LogP contribution in [-0.4, -0.2) is 49.3 Å². The summed E-state index contributed by atoms with van der Waals surface area (Å²) in [7, 11) is 3.41. The van der Waals surface area contributed by atoms with E-state index in [0.717, 1.165) is 17.0 Å². The highest BCUT2D eigenvalue weighted by atomic mass is 19.1. The number of benzene rings is 2. The van der Waals surface area contributed by atoms with Gasteiger partial charge in [-0.2, -0.15) is 0 Å². The van der Waals surface area contributed by atoms with Crippen LogP contribution in [0.1, 0.15) is 12.5 Å². The molecule has 0 unspecified atom stereocenters. The number of amides is 3. The number of halogens is 2. The number of likely N-dealkylation sites (N-methyl/N-ethyl adjacent to an activating group) is 1. The molecule has 0 saturated carbocycles. The zero-order valence-corrected chi connectivity index (χ0v) is 16.5. The first-order chi connectivity index (χ1) is 13.7. The highest BCUT2D eigenvalue weighted by molar-refractivity contribution is 6.17. The van der Waals surface area contributed by atoms with Gasteiger partial charge in [-0.3, -0.25) is 14.4 Å². The molecule has 8 heteroatoms. The molecule has 1 atom stereocenters. The van der Waals surface area contributed by atoms with Gasteiger partial charge in [0, 0.05) is 6.07 Å². The summed E-state index contributed by atoms with van der Waals surface area (Å²) in [5, 5.41) is 2.48. The summed E-state index contributed by atoms with van der Waals surface area (Å²) in [4.78, 5) is 40.4. The van der Waals surface area contributed by atoms with Gasteiger partial charge in [0.2, 0.25) is 11.8 Å². The summed E-state index contributed by atoms with van der Waals surface area (Å²) < 4.78 is 26.6. The smallest absolute Gasteiger partial charge is 0.256 e. The monoisotopic (exact) mass is 403 g/mol. The second-order valence-corrected chi connectivity index (χ2v) is 6.88. The molecule has 0 saturated heterocycles. The molecule has 0 spiro atoms. The zero-order valence-electron chi connectivity index (χ0n) is 16.5. The number of anilines is 1. The van der Waals surface area contributed by atoms with E-state index in [2.05, 4.69) is 5.32 Å². The molecule has 0 aromatic heterocycles. The van der Waals surface area contributed by atoms with Gasteiger partial charge < -0.3 is 10.2 Å². The molecular formula is C21H23F2N3O3. The summed E-state index contributed by atoms with van der Waals surface area (Å²) in [6.45, 7) is 1.45. The minimum atomic E-state index is -1.02. The molecule has 29 heavy (non-hydrogen) atoms. The fourth-order valence-electron chi connectivity index (χ4n) is 2.76. The van der Waals surface area contributed by atoms with Crippen molar-refractivity contribution in [2.24, 2.45) is 0 Å². The van der Waals surface area contributed by atoms with Crippen LogP contribution in [0.3, 0.4) is 0 Å². The number of rotatable bonds is 7. The third-order valence-electron chi connectivity index (χ3n) is 3.97. The fraction of sp³-hybridized carbons (Fsp3) is 0.286. The molecule has 0 fully saturated rings. The third kappa shape index (κ3) is 6.46. The number of carbonyl (C=O) groups is 3. The third-order valence-corrected chi connectivity index (χ3v) is 3.97. The van der Waals surface area contributed by atoms with Crippen LogP contribution in [0, 0.1) is 11.6 Å². The Balaban J connectivity index is 2.13. The number of hydrogen-bond acceptors (Lipinski definition) is 4. The maximum Gasteiger partial charge on any atom is 0.256 e. The molecule has 2 rings (SSSR count). The zero-order chi connectivity index (χ0) is 21.6. The SMILES string of the molecule is C[C@H](NC(=O)Cc1cc(F)cc(F)c1)C(=O)N(C(=O)CN(C)C)c1ccccc1. The van der Waals surface area contributed by atoms with Crippen molar-refractivity contribution in [2.75, 3.05) is 25.5 Å². The number of nitrogens with one attached hydrogen (secondary N) is 1. The van der Waals surface area contributed by atoms with Crippen molar-refractivity contribution in [1.29, 1.82) is 0 Å². The maximum atomic E-state index is 13.3. The predicted octanol–water partition coefficient (Wildman–Crippen LogP) is 2.13. The molecule has 6 nitrogen and oxygen atoms in total. The first-order valence-corrected chi connectivity index (χ1v) is 8.98. The molecule has 0 radical (unpaired) electrons. The van der Waals surface area contributed by atoms with Crippen molar-refractivity contribution in [1.82, 2.24) is 10.2 Å². The van der Waals surface area contributed by atoms with Crippen LogP contribution < -0.4 is 10.2 Å². The van der Waals surface area contributed by atoms with Crippen molar-refractivity contribution in [3.8, 4) is 0 Å². The van der Waals surface area contributed by atoms with E-state index in [9.17, 15) is 23.2 Å². The summed E-state index contributed by atoms with van der Waals surface area (Å²) in [6.07, 6.45) is -0.302. The average molecular weight is 403 g/mol. The van der Waals surface area contributed by atoms with Crippen LogP contribution in [0.4, 0.5) is 14.5 Å². The van der Waals surface area contributed by atoms with Crippen LogP contribution in [0.5, 0.6) is 0 Å².